The van der Waals surface area contributed by atoms with Gasteiger partial charge in [0.1, 0.15) is 55.4 Å². The van der Waals surface area contributed by atoms with Crippen LogP contribution in [0.2, 0.25) is 0 Å². The van der Waals surface area contributed by atoms with Crippen molar-refractivity contribution in [3.8, 4) is 0 Å². The number of allylic oxidation sites excluding steroid dienone is 12. The molecule has 0 aromatic heterocycles. The summed E-state index contributed by atoms with van der Waals surface area (Å²) in [5.74, 6) is -1.04. The van der Waals surface area contributed by atoms with Crippen molar-refractivity contribution in [3.05, 3.63) is 72.9 Å². The summed E-state index contributed by atoms with van der Waals surface area (Å²) < 4.78 is 33.2. The largest absolute Gasteiger partial charge is 0.462 e. The number of unbranched alkanes of at least 4 members (excludes halogenated alkanes) is 5. The van der Waals surface area contributed by atoms with Gasteiger partial charge in [-0.15, -0.1) is 0 Å². The van der Waals surface area contributed by atoms with Gasteiger partial charge in [-0.1, -0.05) is 119 Å². The Balaban J connectivity index is 1.86. The lowest BCUT2D eigenvalue weighted by Gasteiger charge is -2.42. The molecule has 2 aliphatic rings. The zero-order valence-corrected chi connectivity index (χ0v) is 36.1. The average Bonchev–Trinajstić information content (AvgIpc) is 3.25. The molecule has 15 heteroatoms. The first-order valence-corrected chi connectivity index (χ1v) is 22.0. The van der Waals surface area contributed by atoms with Crippen molar-refractivity contribution in [1.82, 2.24) is 0 Å². The Morgan fingerprint density at radius 1 is 0.541 bits per heavy atom. The number of hydrogen-bond acceptors (Lipinski definition) is 15. The number of aliphatic hydroxyl groups excluding tert-OH is 7. The summed E-state index contributed by atoms with van der Waals surface area (Å²) in [6.45, 7) is 2.27. The second kappa shape index (κ2) is 33.5. The fourth-order valence-corrected chi connectivity index (χ4v) is 6.30. The Hall–Kier alpha value is -3.06. The third-order valence-corrected chi connectivity index (χ3v) is 9.96. The van der Waals surface area contributed by atoms with Crippen molar-refractivity contribution in [3.63, 3.8) is 0 Å². The summed E-state index contributed by atoms with van der Waals surface area (Å²) in [7, 11) is 0. The van der Waals surface area contributed by atoms with Crippen molar-refractivity contribution >= 4 is 11.9 Å². The van der Waals surface area contributed by atoms with Crippen LogP contribution in [0, 0.1) is 0 Å². The fraction of sp³-hybridized carbons (Fsp3) is 0.696. The Labute approximate surface area is 362 Å². The Morgan fingerprint density at radius 2 is 1.03 bits per heavy atom. The first-order valence-electron chi connectivity index (χ1n) is 22.0. The number of ether oxygens (including phenoxy) is 6. The smallest absolute Gasteiger partial charge is 0.306 e. The first kappa shape index (κ1) is 54.1. The van der Waals surface area contributed by atoms with E-state index in [0.29, 0.717) is 19.3 Å². The van der Waals surface area contributed by atoms with E-state index in [1.165, 1.54) is 0 Å². The molecule has 7 N–H and O–H groups in total. The number of carbonyl (C=O) groups excluding carboxylic acids is 2. The van der Waals surface area contributed by atoms with Crippen LogP contribution < -0.4 is 0 Å². The molecule has 2 fully saturated rings. The van der Waals surface area contributed by atoms with Crippen LogP contribution >= 0.6 is 0 Å². The van der Waals surface area contributed by atoms with E-state index in [2.05, 4.69) is 68.5 Å². The van der Waals surface area contributed by atoms with Crippen molar-refractivity contribution in [1.29, 1.82) is 0 Å². The molecule has 0 aliphatic carbocycles. The summed E-state index contributed by atoms with van der Waals surface area (Å²) in [4.78, 5) is 25.4. The number of hydrogen-bond donors (Lipinski definition) is 7. The van der Waals surface area contributed by atoms with Crippen LogP contribution in [0.1, 0.15) is 110 Å². The van der Waals surface area contributed by atoms with Gasteiger partial charge in [0.05, 0.1) is 19.8 Å². The number of aliphatic hydroxyl groups is 7. The predicted molar refractivity (Wildman–Crippen MR) is 229 cm³/mol. The highest BCUT2D eigenvalue weighted by molar-refractivity contribution is 5.70. The highest BCUT2D eigenvalue weighted by Crippen LogP contribution is 2.26. The van der Waals surface area contributed by atoms with Gasteiger partial charge in [0, 0.05) is 12.8 Å². The minimum atomic E-state index is -1.78. The highest BCUT2D eigenvalue weighted by Gasteiger charge is 2.47. The Bertz CT molecular complexity index is 1340. The third kappa shape index (κ3) is 22.7. The molecule has 2 saturated heterocycles. The first-order chi connectivity index (χ1) is 29.5. The molecular formula is C46H74O15. The fourth-order valence-electron chi connectivity index (χ4n) is 6.30. The van der Waals surface area contributed by atoms with Crippen LogP contribution in [-0.4, -0.2) is 142 Å². The molecule has 61 heavy (non-hydrogen) atoms. The second-order valence-corrected chi connectivity index (χ2v) is 15.1. The Morgan fingerprint density at radius 3 is 1.59 bits per heavy atom. The van der Waals surface area contributed by atoms with E-state index < -0.39 is 99.3 Å². The van der Waals surface area contributed by atoms with Gasteiger partial charge in [0.2, 0.25) is 0 Å². The quantitative estimate of drug-likeness (QED) is 0.0293. The Kier molecular flexibility index (Phi) is 29.7. The number of esters is 2. The van der Waals surface area contributed by atoms with Crippen molar-refractivity contribution in [2.75, 3.05) is 26.4 Å². The lowest BCUT2D eigenvalue weighted by atomic mass is 9.98. The van der Waals surface area contributed by atoms with Gasteiger partial charge < -0.3 is 64.2 Å². The molecule has 0 spiro atoms. The minimum Gasteiger partial charge on any atom is -0.462 e. The second-order valence-electron chi connectivity index (χ2n) is 15.1. The molecule has 15 nitrogen and oxygen atoms in total. The lowest BCUT2D eigenvalue weighted by molar-refractivity contribution is -0.332. The molecule has 2 rings (SSSR count). The summed E-state index contributed by atoms with van der Waals surface area (Å²) >= 11 is 0. The summed E-state index contributed by atoms with van der Waals surface area (Å²) in [6.07, 6.45) is 20.0. The van der Waals surface area contributed by atoms with E-state index in [1.54, 1.807) is 0 Å². The minimum absolute atomic E-state index is 0.0369. The molecule has 0 aromatic carbocycles. The van der Waals surface area contributed by atoms with Crippen LogP contribution in [0.25, 0.3) is 0 Å². The zero-order chi connectivity index (χ0) is 44.7. The van der Waals surface area contributed by atoms with E-state index >= 15 is 0 Å². The summed E-state index contributed by atoms with van der Waals surface area (Å²) in [5.41, 5.74) is 0. The normalized spacial score (nSPS) is 28.0. The molecule has 11 unspecified atom stereocenters. The molecule has 0 radical (unpaired) electrons. The molecule has 2 heterocycles. The third-order valence-electron chi connectivity index (χ3n) is 9.96. The average molecular weight is 867 g/mol. The van der Waals surface area contributed by atoms with Gasteiger partial charge >= 0.3 is 11.9 Å². The van der Waals surface area contributed by atoms with Crippen molar-refractivity contribution in [2.24, 2.45) is 0 Å². The van der Waals surface area contributed by atoms with Crippen LogP contribution in [0.15, 0.2) is 72.9 Å². The van der Waals surface area contributed by atoms with E-state index in [-0.39, 0.29) is 19.4 Å². The molecule has 11 atom stereocenters. The van der Waals surface area contributed by atoms with Gasteiger partial charge in [-0.05, 0) is 51.4 Å². The standard InChI is InChI=1S/C46H74O15/c1-3-5-7-9-11-12-13-14-15-16-17-18-19-20-21-22-23-25-27-29-38(49)59-34(31-56-37(48)28-26-24-10-8-6-4-2)32-57-45-44(55)42(53)40(51)36(61-45)33-58-46-43(54)41(52)39(50)35(30-47)60-46/h5,7,11-12,14-15,17-18,20-21,23,25,34-36,39-47,50-55H,3-4,6,8-10,13,16,19,22,24,26-33H2,1-2H3/b7-5-,12-11-,15-14-,18-17-,21-20-,25-23-. The van der Waals surface area contributed by atoms with E-state index in [1.807, 2.05) is 18.2 Å². The van der Waals surface area contributed by atoms with Crippen LogP contribution in [0.4, 0.5) is 0 Å². The summed E-state index contributed by atoms with van der Waals surface area (Å²) in [5, 5.41) is 71.7. The van der Waals surface area contributed by atoms with E-state index in [9.17, 15) is 45.3 Å². The molecule has 0 bridgehead atoms. The van der Waals surface area contributed by atoms with E-state index in [4.69, 9.17) is 28.4 Å². The summed E-state index contributed by atoms with van der Waals surface area (Å²) in [6, 6.07) is 0. The number of rotatable bonds is 31. The molecule has 2 aliphatic heterocycles. The van der Waals surface area contributed by atoms with Crippen LogP contribution in [-0.2, 0) is 38.0 Å². The van der Waals surface area contributed by atoms with Gasteiger partial charge in [0.15, 0.2) is 18.7 Å². The van der Waals surface area contributed by atoms with Gasteiger partial charge in [-0.25, -0.2) is 0 Å². The van der Waals surface area contributed by atoms with Gasteiger partial charge in [0.25, 0.3) is 0 Å². The maximum absolute atomic E-state index is 12.9. The van der Waals surface area contributed by atoms with Gasteiger partial charge in [-0.2, -0.15) is 0 Å². The molecular weight excluding hydrogens is 792 g/mol. The monoisotopic (exact) mass is 867 g/mol. The molecule has 0 saturated carbocycles. The highest BCUT2D eigenvalue weighted by atomic mass is 16.7. The maximum Gasteiger partial charge on any atom is 0.306 e. The van der Waals surface area contributed by atoms with Crippen molar-refractivity contribution < 1.29 is 73.8 Å². The van der Waals surface area contributed by atoms with E-state index in [0.717, 1.165) is 64.2 Å². The van der Waals surface area contributed by atoms with Crippen LogP contribution in [0.5, 0.6) is 0 Å². The number of carbonyl (C=O) groups is 2. The molecule has 0 aromatic rings. The maximum atomic E-state index is 12.9. The zero-order valence-electron chi connectivity index (χ0n) is 36.1. The SMILES string of the molecule is CC/C=C\C/C=C\C/C=C\C/C=C\C/C=C\C/C=C\CCC(=O)OC(COC(=O)CCCCCCCC)COC1OC(COC2OC(CO)C(O)C(O)C2O)C(O)C(O)C1O. The lowest BCUT2D eigenvalue weighted by Crippen LogP contribution is -2.61. The predicted octanol–water partition coefficient (Wildman–Crippen LogP) is 4.31. The molecule has 348 valence electrons. The van der Waals surface area contributed by atoms with Crippen molar-refractivity contribution in [2.45, 2.75) is 178 Å². The van der Waals surface area contributed by atoms with Crippen LogP contribution in [0.3, 0.4) is 0 Å². The van der Waals surface area contributed by atoms with Gasteiger partial charge in [-0.3, -0.25) is 9.59 Å². The topological polar surface area (TPSA) is 231 Å². The molecule has 0 amide bonds.